The van der Waals surface area contributed by atoms with Crippen molar-refractivity contribution in [2.75, 3.05) is 0 Å². The van der Waals surface area contributed by atoms with Crippen LogP contribution in [0, 0.1) is 0 Å². The lowest BCUT2D eigenvalue weighted by atomic mass is 9.88. The topological polar surface area (TPSA) is 29.1 Å². The van der Waals surface area contributed by atoms with E-state index in [4.69, 9.17) is 0 Å². The van der Waals surface area contributed by atoms with Crippen molar-refractivity contribution < 1.29 is 4.79 Å². The first-order chi connectivity index (χ1) is 5.60. The molecular formula is C9H19NOS. The van der Waals surface area contributed by atoms with Crippen LogP contribution < -0.4 is 5.32 Å². The van der Waals surface area contributed by atoms with Crippen LogP contribution in [0.4, 0.5) is 4.79 Å². The van der Waals surface area contributed by atoms with Gasteiger partial charge in [-0.15, -0.1) is 0 Å². The minimum atomic E-state index is -0.216. The van der Waals surface area contributed by atoms with Gasteiger partial charge in [0.2, 0.25) is 0 Å². The molecule has 0 unspecified atom stereocenters. The quantitative estimate of drug-likeness (QED) is 0.640. The number of carbonyl (C=O) groups excluding carboxylic acids is 1. The van der Waals surface area contributed by atoms with E-state index in [0.29, 0.717) is 0 Å². The summed E-state index contributed by atoms with van der Waals surface area (Å²) in [7, 11) is 0. The van der Waals surface area contributed by atoms with Crippen LogP contribution in [0.25, 0.3) is 0 Å². The summed E-state index contributed by atoms with van der Waals surface area (Å²) in [6.45, 7) is 6.33. The monoisotopic (exact) mass is 189 g/mol. The van der Waals surface area contributed by atoms with E-state index in [1.165, 1.54) is 0 Å². The maximum Gasteiger partial charge on any atom is 0.276 e. The Hall–Kier alpha value is -0.180. The molecule has 0 aliphatic heterocycles. The van der Waals surface area contributed by atoms with Crippen LogP contribution in [-0.2, 0) is 0 Å². The molecule has 0 atom stereocenters. The van der Waals surface area contributed by atoms with Gasteiger partial charge >= 0.3 is 0 Å². The number of nitrogens with one attached hydrogen (secondary N) is 1. The number of hydrogen-bond acceptors (Lipinski definition) is 1. The maximum absolute atomic E-state index is 10.8. The summed E-state index contributed by atoms with van der Waals surface area (Å²) in [5, 5.41) is 2.70. The van der Waals surface area contributed by atoms with Gasteiger partial charge in [-0.3, -0.25) is 4.79 Å². The highest BCUT2D eigenvalue weighted by molar-refractivity contribution is 7.96. The molecule has 0 bridgehead atoms. The van der Waals surface area contributed by atoms with Crippen molar-refractivity contribution in [3.05, 3.63) is 0 Å². The van der Waals surface area contributed by atoms with Gasteiger partial charge in [-0.2, -0.15) is 0 Å². The van der Waals surface area contributed by atoms with Crippen molar-refractivity contribution in [3.63, 3.8) is 0 Å². The predicted octanol–water partition coefficient (Wildman–Crippen LogP) is 2.98. The summed E-state index contributed by atoms with van der Waals surface area (Å²) >= 11 is 3.74. The Morgan fingerprint density at radius 1 is 1.33 bits per heavy atom. The molecule has 0 aliphatic carbocycles. The van der Waals surface area contributed by atoms with Crippen LogP contribution in [0.2, 0.25) is 0 Å². The van der Waals surface area contributed by atoms with Crippen molar-refractivity contribution in [2.24, 2.45) is 0 Å². The molecule has 0 saturated carbocycles. The van der Waals surface area contributed by atoms with Crippen LogP contribution in [0.1, 0.15) is 46.5 Å². The summed E-state index contributed by atoms with van der Waals surface area (Å²) in [4.78, 5) is 10.8. The number of hydrogen-bond donors (Lipinski definition) is 2. The van der Waals surface area contributed by atoms with Crippen molar-refractivity contribution in [1.29, 1.82) is 0 Å². The Bertz CT molecular complexity index is 143. The SMILES string of the molecule is CCCC(CC)(CC)NC(=O)S. The fraction of sp³-hybridized carbons (Fsp3) is 0.889. The van der Waals surface area contributed by atoms with Crippen molar-refractivity contribution in [3.8, 4) is 0 Å². The highest BCUT2D eigenvalue weighted by atomic mass is 32.1. The first kappa shape index (κ1) is 11.8. The molecule has 0 aliphatic rings. The third kappa shape index (κ3) is 3.48. The van der Waals surface area contributed by atoms with E-state index >= 15 is 0 Å². The fourth-order valence-electron chi connectivity index (χ4n) is 1.55. The maximum atomic E-state index is 10.8. The average molecular weight is 189 g/mol. The molecule has 0 spiro atoms. The van der Waals surface area contributed by atoms with Gasteiger partial charge in [0.05, 0.1) is 0 Å². The standard InChI is InChI=1S/C9H19NOS/c1-4-7-9(5-2,6-3)10-8(11)12/h4-7H2,1-3H3,(H2,10,11,12). The Kier molecular flexibility index (Phi) is 5.38. The Balaban J connectivity index is 4.23. The van der Waals surface area contributed by atoms with Crippen LogP contribution >= 0.6 is 12.6 Å². The zero-order chi connectivity index (χ0) is 9.61. The molecule has 1 N–H and O–H groups in total. The Morgan fingerprint density at radius 2 is 1.83 bits per heavy atom. The largest absolute Gasteiger partial charge is 0.342 e. The second-order valence-electron chi connectivity index (χ2n) is 3.17. The number of thiol groups is 1. The number of rotatable bonds is 5. The molecule has 0 radical (unpaired) electrons. The van der Waals surface area contributed by atoms with Gasteiger partial charge in [-0.25, -0.2) is 0 Å². The van der Waals surface area contributed by atoms with Crippen LogP contribution in [0.3, 0.4) is 0 Å². The van der Waals surface area contributed by atoms with E-state index in [1.807, 2.05) is 0 Å². The van der Waals surface area contributed by atoms with Gasteiger partial charge in [0.1, 0.15) is 0 Å². The summed E-state index contributed by atoms with van der Waals surface area (Å²) in [5.41, 5.74) is -0.0203. The zero-order valence-electron chi connectivity index (χ0n) is 8.18. The van der Waals surface area contributed by atoms with Gasteiger partial charge < -0.3 is 5.32 Å². The van der Waals surface area contributed by atoms with E-state index < -0.39 is 0 Å². The molecule has 0 rings (SSSR count). The zero-order valence-corrected chi connectivity index (χ0v) is 9.08. The number of carbonyl (C=O) groups is 1. The van der Waals surface area contributed by atoms with Crippen molar-refractivity contribution >= 4 is 17.9 Å². The summed E-state index contributed by atoms with van der Waals surface area (Å²) in [6, 6.07) is 0. The number of amides is 1. The third-order valence-electron chi connectivity index (χ3n) is 2.45. The molecule has 72 valence electrons. The third-order valence-corrected chi connectivity index (χ3v) is 2.57. The van der Waals surface area contributed by atoms with Crippen LogP contribution in [-0.4, -0.2) is 10.8 Å². The predicted molar refractivity (Wildman–Crippen MR) is 55.7 cm³/mol. The molecule has 12 heavy (non-hydrogen) atoms. The average Bonchev–Trinajstić information content (AvgIpc) is 2.03. The second kappa shape index (κ2) is 5.46. The Labute approximate surface area is 80.5 Å². The molecule has 1 amide bonds. The fourth-order valence-corrected chi connectivity index (χ4v) is 1.79. The molecule has 0 heterocycles. The lowest BCUT2D eigenvalue weighted by Crippen LogP contribution is -2.45. The summed E-state index contributed by atoms with van der Waals surface area (Å²) in [5.74, 6) is 0. The van der Waals surface area contributed by atoms with Crippen LogP contribution in [0.5, 0.6) is 0 Å². The first-order valence-electron chi connectivity index (χ1n) is 4.61. The van der Waals surface area contributed by atoms with Crippen molar-refractivity contribution in [2.45, 2.75) is 52.0 Å². The normalized spacial score (nSPS) is 11.3. The Morgan fingerprint density at radius 3 is 2.08 bits per heavy atom. The molecule has 3 heteroatoms. The van der Waals surface area contributed by atoms with E-state index in [-0.39, 0.29) is 10.8 Å². The van der Waals surface area contributed by atoms with Gasteiger partial charge in [0.15, 0.2) is 0 Å². The van der Waals surface area contributed by atoms with Gasteiger partial charge in [0.25, 0.3) is 5.24 Å². The minimum absolute atomic E-state index is 0.0203. The first-order valence-corrected chi connectivity index (χ1v) is 5.06. The summed E-state index contributed by atoms with van der Waals surface area (Å²) in [6.07, 6.45) is 4.08. The molecule has 2 nitrogen and oxygen atoms in total. The highest BCUT2D eigenvalue weighted by Crippen LogP contribution is 2.21. The van der Waals surface area contributed by atoms with Gasteiger partial charge in [-0.1, -0.05) is 39.8 Å². The highest BCUT2D eigenvalue weighted by Gasteiger charge is 2.25. The molecule has 0 aromatic rings. The smallest absolute Gasteiger partial charge is 0.276 e. The second-order valence-corrected chi connectivity index (χ2v) is 3.57. The minimum Gasteiger partial charge on any atom is -0.342 e. The molecular weight excluding hydrogens is 170 g/mol. The molecule has 0 aromatic carbocycles. The van der Waals surface area contributed by atoms with E-state index in [1.54, 1.807) is 0 Å². The molecule has 0 aromatic heterocycles. The lowest BCUT2D eigenvalue weighted by molar-refractivity contribution is 0.236. The molecule has 0 fully saturated rings. The van der Waals surface area contributed by atoms with E-state index in [0.717, 1.165) is 25.7 Å². The molecule has 0 saturated heterocycles. The van der Waals surface area contributed by atoms with Gasteiger partial charge in [0, 0.05) is 5.54 Å². The van der Waals surface area contributed by atoms with Gasteiger partial charge in [-0.05, 0) is 19.3 Å². The van der Waals surface area contributed by atoms with E-state index in [9.17, 15) is 4.79 Å². The van der Waals surface area contributed by atoms with Crippen molar-refractivity contribution in [1.82, 2.24) is 5.32 Å². The van der Waals surface area contributed by atoms with E-state index in [2.05, 4.69) is 38.7 Å². The van der Waals surface area contributed by atoms with Crippen LogP contribution in [0.15, 0.2) is 0 Å². The summed E-state index contributed by atoms with van der Waals surface area (Å²) < 4.78 is 0. The lowest BCUT2D eigenvalue weighted by Gasteiger charge is -2.31.